The molecule has 0 amide bonds. The highest BCUT2D eigenvalue weighted by atomic mass is 32.2. The number of aromatic nitrogens is 1. The van der Waals surface area contributed by atoms with E-state index < -0.39 is 0 Å². The minimum absolute atomic E-state index is 0.712. The third-order valence-electron chi connectivity index (χ3n) is 2.72. The summed E-state index contributed by atoms with van der Waals surface area (Å²) in [4.78, 5) is 4.39. The Morgan fingerprint density at radius 1 is 1.11 bits per heavy atom. The summed E-state index contributed by atoms with van der Waals surface area (Å²) in [5.74, 6) is 7.95. The summed E-state index contributed by atoms with van der Waals surface area (Å²) in [5, 5.41) is 0. The van der Waals surface area contributed by atoms with Crippen molar-refractivity contribution in [1.82, 2.24) is 4.98 Å². The van der Waals surface area contributed by atoms with Crippen LogP contribution in [0.25, 0.3) is 0 Å². The minimum atomic E-state index is 0.712. The van der Waals surface area contributed by atoms with Crippen LogP contribution in [-0.4, -0.2) is 4.98 Å². The predicted molar refractivity (Wildman–Crippen MR) is 78.2 cm³/mol. The average Bonchev–Trinajstić information content (AvgIpc) is 2.41. The Labute approximate surface area is 112 Å². The quantitative estimate of drug-likeness (QED) is 0.640. The third-order valence-corrected chi connectivity index (χ3v) is 3.74. The lowest BCUT2D eigenvalue weighted by atomic mass is 10.1. The second-order valence-corrected chi connectivity index (χ2v) is 5.06. The summed E-state index contributed by atoms with van der Waals surface area (Å²) in [6, 6.07) is 14.3. The van der Waals surface area contributed by atoms with Crippen molar-refractivity contribution in [2.75, 3.05) is 5.43 Å². The molecular formula is C14H17N3S. The Hall–Kier alpha value is -1.52. The van der Waals surface area contributed by atoms with E-state index in [0.717, 1.165) is 17.2 Å². The Morgan fingerprint density at radius 3 is 2.72 bits per heavy atom. The van der Waals surface area contributed by atoms with Gasteiger partial charge in [0.15, 0.2) is 0 Å². The molecular weight excluding hydrogens is 242 g/mol. The van der Waals surface area contributed by atoms with E-state index in [4.69, 9.17) is 5.84 Å². The molecule has 1 heterocycles. The van der Waals surface area contributed by atoms with Crippen LogP contribution in [0.3, 0.4) is 0 Å². The molecule has 0 aliphatic rings. The molecule has 0 spiro atoms. The van der Waals surface area contributed by atoms with Gasteiger partial charge in [0, 0.05) is 11.5 Å². The number of anilines is 1. The van der Waals surface area contributed by atoms with Gasteiger partial charge in [-0.25, -0.2) is 10.8 Å². The van der Waals surface area contributed by atoms with Gasteiger partial charge in [-0.05, 0) is 30.2 Å². The molecule has 3 N–H and O–H groups in total. The van der Waals surface area contributed by atoms with Crippen LogP contribution in [0.1, 0.15) is 16.8 Å². The van der Waals surface area contributed by atoms with E-state index in [1.807, 2.05) is 30.0 Å². The van der Waals surface area contributed by atoms with Crippen LogP contribution in [-0.2, 0) is 11.5 Å². The van der Waals surface area contributed by atoms with E-state index in [-0.39, 0.29) is 0 Å². The first kappa shape index (κ1) is 12.9. The van der Waals surface area contributed by atoms with Crippen LogP contribution in [0, 0.1) is 6.92 Å². The largest absolute Gasteiger partial charge is 0.308 e. The highest BCUT2D eigenvalue weighted by molar-refractivity contribution is 7.97. The molecule has 0 radical (unpaired) electrons. The topological polar surface area (TPSA) is 50.9 Å². The van der Waals surface area contributed by atoms with Gasteiger partial charge in [-0.15, -0.1) is 0 Å². The number of benzene rings is 1. The zero-order valence-electron chi connectivity index (χ0n) is 10.4. The van der Waals surface area contributed by atoms with Crippen molar-refractivity contribution in [1.29, 1.82) is 0 Å². The Balaban J connectivity index is 1.90. The summed E-state index contributed by atoms with van der Waals surface area (Å²) >= 11 is 1.86. The first-order chi connectivity index (χ1) is 8.79. The number of hydrazine groups is 1. The maximum Gasteiger partial charge on any atom is 0.140 e. The van der Waals surface area contributed by atoms with E-state index in [9.17, 15) is 0 Å². The molecule has 18 heavy (non-hydrogen) atoms. The lowest BCUT2D eigenvalue weighted by molar-refractivity contribution is 1.14. The molecule has 3 nitrogen and oxygen atoms in total. The van der Waals surface area contributed by atoms with Gasteiger partial charge in [0.25, 0.3) is 0 Å². The monoisotopic (exact) mass is 259 g/mol. The fourth-order valence-electron chi connectivity index (χ4n) is 1.68. The number of nitrogens with zero attached hydrogens (tertiary/aromatic N) is 1. The van der Waals surface area contributed by atoms with Crippen molar-refractivity contribution in [3.05, 3.63) is 59.3 Å². The molecule has 0 aliphatic carbocycles. The van der Waals surface area contributed by atoms with Crippen molar-refractivity contribution in [2.45, 2.75) is 18.4 Å². The molecule has 0 fully saturated rings. The number of hydrogen-bond acceptors (Lipinski definition) is 4. The van der Waals surface area contributed by atoms with E-state index in [1.54, 1.807) is 0 Å². The van der Waals surface area contributed by atoms with Gasteiger partial charge in [0.2, 0.25) is 0 Å². The van der Waals surface area contributed by atoms with Crippen LogP contribution in [0.15, 0.2) is 42.5 Å². The molecule has 1 aromatic carbocycles. The summed E-state index contributed by atoms with van der Waals surface area (Å²) in [7, 11) is 0. The van der Waals surface area contributed by atoms with Crippen LogP contribution in [0.5, 0.6) is 0 Å². The van der Waals surface area contributed by atoms with Crippen molar-refractivity contribution in [3.8, 4) is 0 Å². The Morgan fingerprint density at radius 2 is 1.94 bits per heavy atom. The molecule has 1 aromatic heterocycles. The van der Waals surface area contributed by atoms with Crippen molar-refractivity contribution < 1.29 is 0 Å². The molecule has 0 saturated heterocycles. The smallest absolute Gasteiger partial charge is 0.140 e. The minimum Gasteiger partial charge on any atom is -0.308 e. The molecule has 94 valence electrons. The van der Waals surface area contributed by atoms with Gasteiger partial charge in [0.1, 0.15) is 5.82 Å². The molecule has 2 rings (SSSR count). The molecule has 0 bridgehead atoms. The third kappa shape index (κ3) is 3.48. The van der Waals surface area contributed by atoms with Gasteiger partial charge in [-0.1, -0.05) is 30.3 Å². The first-order valence-corrected chi connectivity index (χ1v) is 7.00. The maximum absolute atomic E-state index is 5.34. The summed E-state index contributed by atoms with van der Waals surface area (Å²) in [5.41, 5.74) is 6.34. The number of aryl methyl sites for hydroxylation is 1. The molecule has 2 aromatic rings. The fraction of sp³-hybridized carbons (Fsp3) is 0.214. The van der Waals surface area contributed by atoms with Gasteiger partial charge in [-0.3, -0.25) is 0 Å². The maximum atomic E-state index is 5.34. The van der Waals surface area contributed by atoms with Crippen LogP contribution < -0.4 is 11.3 Å². The SMILES string of the molecule is Cc1ccccc1CSCc1cccc(NN)n1. The molecule has 4 heteroatoms. The van der Waals surface area contributed by atoms with Crippen LogP contribution in [0.2, 0.25) is 0 Å². The van der Waals surface area contributed by atoms with Crippen molar-refractivity contribution in [2.24, 2.45) is 5.84 Å². The van der Waals surface area contributed by atoms with Crippen molar-refractivity contribution in [3.63, 3.8) is 0 Å². The predicted octanol–water partition coefficient (Wildman–Crippen LogP) is 3.11. The standard InChI is InChI=1S/C14H17N3S/c1-11-5-2-3-6-12(11)9-18-10-13-7-4-8-14(16-13)17-15/h2-8H,9-10,15H2,1H3,(H,16,17). The number of hydrogen-bond donors (Lipinski definition) is 2. The zero-order chi connectivity index (χ0) is 12.8. The van der Waals surface area contributed by atoms with Gasteiger partial charge in [0.05, 0.1) is 5.69 Å². The number of nitrogen functional groups attached to an aromatic ring is 1. The lowest BCUT2D eigenvalue weighted by Gasteiger charge is -2.06. The summed E-state index contributed by atoms with van der Waals surface area (Å²) in [6.45, 7) is 2.15. The Kier molecular flexibility index (Phi) is 4.61. The highest BCUT2D eigenvalue weighted by Gasteiger charge is 2.00. The van der Waals surface area contributed by atoms with E-state index >= 15 is 0 Å². The molecule has 0 aliphatic heterocycles. The molecule has 0 atom stereocenters. The molecule has 0 saturated carbocycles. The number of nitrogens with one attached hydrogen (secondary N) is 1. The summed E-state index contributed by atoms with van der Waals surface area (Å²) < 4.78 is 0. The normalized spacial score (nSPS) is 10.3. The summed E-state index contributed by atoms with van der Waals surface area (Å²) in [6.07, 6.45) is 0. The lowest BCUT2D eigenvalue weighted by Crippen LogP contribution is -2.08. The van der Waals surface area contributed by atoms with Crippen LogP contribution in [0.4, 0.5) is 5.82 Å². The second-order valence-electron chi connectivity index (χ2n) is 4.08. The average molecular weight is 259 g/mol. The number of pyridine rings is 1. The second kappa shape index (κ2) is 6.42. The fourth-order valence-corrected chi connectivity index (χ4v) is 2.69. The first-order valence-electron chi connectivity index (χ1n) is 5.84. The van der Waals surface area contributed by atoms with Gasteiger partial charge >= 0.3 is 0 Å². The van der Waals surface area contributed by atoms with Gasteiger partial charge in [-0.2, -0.15) is 11.8 Å². The molecule has 0 unspecified atom stereocenters. The number of nitrogens with two attached hydrogens (primary N) is 1. The van der Waals surface area contributed by atoms with Crippen LogP contribution >= 0.6 is 11.8 Å². The number of rotatable bonds is 5. The number of thioether (sulfide) groups is 1. The Bertz CT molecular complexity index is 514. The van der Waals surface area contributed by atoms with E-state index in [1.165, 1.54) is 11.1 Å². The zero-order valence-corrected chi connectivity index (χ0v) is 11.2. The van der Waals surface area contributed by atoms with E-state index in [2.05, 4.69) is 41.6 Å². The van der Waals surface area contributed by atoms with Gasteiger partial charge < -0.3 is 5.43 Å². The highest BCUT2D eigenvalue weighted by Crippen LogP contribution is 2.19. The van der Waals surface area contributed by atoms with Crippen molar-refractivity contribution >= 4 is 17.6 Å². The van der Waals surface area contributed by atoms with E-state index in [0.29, 0.717) is 5.82 Å².